The van der Waals surface area contributed by atoms with Crippen LogP contribution in [0.25, 0.3) is 0 Å². The number of aromatic nitrogens is 2. The molecular formula is C12H18N2O2. The van der Waals surface area contributed by atoms with E-state index in [0.717, 1.165) is 18.5 Å². The number of nitrogens with zero attached hydrogens (tertiary/aromatic N) is 2. The molecule has 0 saturated carbocycles. The lowest BCUT2D eigenvalue weighted by Crippen LogP contribution is -2.27. The highest BCUT2D eigenvalue weighted by Gasteiger charge is 2.21. The largest absolute Gasteiger partial charge is 0.442 e. The Kier molecular flexibility index (Phi) is 2.74. The molecule has 0 fully saturated rings. The third-order valence-corrected chi connectivity index (χ3v) is 2.57. The van der Waals surface area contributed by atoms with Crippen LogP contribution in [0.15, 0.2) is 6.20 Å². The number of aryl methyl sites for hydroxylation is 2. The molecular weight excluding hydrogens is 204 g/mol. The molecule has 4 heteroatoms. The molecule has 1 aliphatic carbocycles. The summed E-state index contributed by atoms with van der Waals surface area (Å²) in [6, 6.07) is 0. The normalized spacial score (nSPS) is 15.7. The van der Waals surface area contributed by atoms with Crippen molar-refractivity contribution >= 4 is 6.09 Å². The number of hydrogen-bond donors (Lipinski definition) is 0. The van der Waals surface area contributed by atoms with Gasteiger partial charge >= 0.3 is 6.09 Å². The van der Waals surface area contributed by atoms with E-state index in [1.165, 1.54) is 23.1 Å². The summed E-state index contributed by atoms with van der Waals surface area (Å²) in [6.07, 6.45) is 5.78. The van der Waals surface area contributed by atoms with E-state index in [4.69, 9.17) is 4.74 Å². The van der Waals surface area contributed by atoms with Crippen molar-refractivity contribution in [2.45, 2.75) is 52.1 Å². The van der Waals surface area contributed by atoms with Gasteiger partial charge in [-0.25, -0.2) is 4.79 Å². The van der Waals surface area contributed by atoms with Crippen LogP contribution in [0.2, 0.25) is 0 Å². The van der Waals surface area contributed by atoms with Crippen LogP contribution in [0.1, 0.15) is 44.9 Å². The molecule has 1 aromatic heterocycles. The molecule has 0 unspecified atom stereocenters. The Bertz CT molecular complexity index is 378. The SMILES string of the molecule is CC(C)(C)OC(=O)n1cc2c(n1)CCCC2. The Balaban J connectivity index is 2.15. The van der Waals surface area contributed by atoms with Crippen molar-refractivity contribution in [3.8, 4) is 0 Å². The number of hydrogen-bond acceptors (Lipinski definition) is 3. The third-order valence-electron chi connectivity index (χ3n) is 2.57. The van der Waals surface area contributed by atoms with Gasteiger partial charge in [-0.1, -0.05) is 0 Å². The Morgan fingerprint density at radius 1 is 1.38 bits per heavy atom. The molecule has 0 saturated heterocycles. The average Bonchev–Trinajstić information content (AvgIpc) is 2.58. The van der Waals surface area contributed by atoms with Gasteiger partial charge in [0.2, 0.25) is 0 Å². The van der Waals surface area contributed by atoms with Gasteiger partial charge in [-0.2, -0.15) is 9.78 Å². The second-order valence-corrected chi connectivity index (χ2v) is 5.23. The predicted molar refractivity (Wildman–Crippen MR) is 60.5 cm³/mol. The maximum atomic E-state index is 11.8. The van der Waals surface area contributed by atoms with Gasteiger partial charge in [0, 0.05) is 6.20 Å². The molecule has 0 aliphatic heterocycles. The van der Waals surface area contributed by atoms with Crippen LogP contribution in [0.3, 0.4) is 0 Å². The highest BCUT2D eigenvalue weighted by molar-refractivity contribution is 5.70. The molecule has 0 atom stereocenters. The van der Waals surface area contributed by atoms with Crippen molar-refractivity contribution < 1.29 is 9.53 Å². The predicted octanol–water partition coefficient (Wildman–Crippen LogP) is 2.55. The van der Waals surface area contributed by atoms with Crippen molar-refractivity contribution in [2.24, 2.45) is 0 Å². The van der Waals surface area contributed by atoms with Gasteiger partial charge in [-0.15, -0.1) is 0 Å². The number of carbonyl (C=O) groups excluding carboxylic acids is 1. The molecule has 0 spiro atoms. The van der Waals surface area contributed by atoms with E-state index in [1.807, 2.05) is 27.0 Å². The van der Waals surface area contributed by atoms with Gasteiger partial charge in [0.25, 0.3) is 0 Å². The van der Waals surface area contributed by atoms with Crippen LogP contribution in [0.5, 0.6) is 0 Å². The maximum Gasteiger partial charge on any atom is 0.435 e. The van der Waals surface area contributed by atoms with Crippen molar-refractivity contribution in [3.05, 3.63) is 17.5 Å². The highest BCUT2D eigenvalue weighted by atomic mass is 16.6. The molecule has 0 N–H and O–H groups in total. The number of fused-ring (bicyclic) bond motifs is 1. The van der Waals surface area contributed by atoms with E-state index >= 15 is 0 Å². The average molecular weight is 222 g/mol. The topological polar surface area (TPSA) is 44.1 Å². The fourth-order valence-electron chi connectivity index (χ4n) is 1.87. The zero-order valence-electron chi connectivity index (χ0n) is 10.1. The van der Waals surface area contributed by atoms with Gasteiger partial charge in [-0.05, 0) is 52.0 Å². The third kappa shape index (κ3) is 2.43. The van der Waals surface area contributed by atoms with E-state index < -0.39 is 5.60 Å². The molecule has 88 valence electrons. The van der Waals surface area contributed by atoms with E-state index in [1.54, 1.807) is 0 Å². The highest BCUT2D eigenvalue weighted by Crippen LogP contribution is 2.20. The second-order valence-electron chi connectivity index (χ2n) is 5.23. The second kappa shape index (κ2) is 3.92. The number of rotatable bonds is 0. The lowest BCUT2D eigenvalue weighted by Gasteiger charge is -2.18. The Morgan fingerprint density at radius 3 is 2.69 bits per heavy atom. The van der Waals surface area contributed by atoms with Gasteiger partial charge in [0.1, 0.15) is 5.60 Å². The van der Waals surface area contributed by atoms with E-state index in [0.29, 0.717) is 0 Å². The summed E-state index contributed by atoms with van der Waals surface area (Å²) in [5.41, 5.74) is 1.78. The number of carbonyl (C=O) groups is 1. The first-order valence-corrected chi connectivity index (χ1v) is 5.76. The van der Waals surface area contributed by atoms with Crippen LogP contribution >= 0.6 is 0 Å². The standard InChI is InChI=1S/C12H18N2O2/c1-12(2,3)16-11(15)14-8-9-6-4-5-7-10(9)13-14/h8H,4-7H2,1-3H3. The van der Waals surface area contributed by atoms with Crippen LogP contribution in [0, 0.1) is 0 Å². The first-order chi connectivity index (χ1) is 7.46. The summed E-state index contributed by atoms with van der Waals surface area (Å²) in [4.78, 5) is 11.8. The van der Waals surface area contributed by atoms with Gasteiger partial charge < -0.3 is 4.74 Å². The van der Waals surface area contributed by atoms with Crippen LogP contribution in [-0.4, -0.2) is 21.5 Å². The van der Waals surface area contributed by atoms with Gasteiger partial charge in [0.05, 0.1) is 5.69 Å². The molecule has 0 amide bonds. The summed E-state index contributed by atoms with van der Waals surface area (Å²) >= 11 is 0. The molecule has 0 bridgehead atoms. The quantitative estimate of drug-likeness (QED) is 0.677. The summed E-state index contributed by atoms with van der Waals surface area (Å²) in [6.45, 7) is 5.57. The molecule has 16 heavy (non-hydrogen) atoms. The van der Waals surface area contributed by atoms with Crippen LogP contribution in [0.4, 0.5) is 4.79 Å². The van der Waals surface area contributed by atoms with Crippen molar-refractivity contribution in [1.29, 1.82) is 0 Å². The van der Waals surface area contributed by atoms with Crippen molar-refractivity contribution in [3.63, 3.8) is 0 Å². The van der Waals surface area contributed by atoms with Crippen molar-refractivity contribution in [2.75, 3.05) is 0 Å². The fraction of sp³-hybridized carbons (Fsp3) is 0.667. The molecule has 1 aromatic rings. The summed E-state index contributed by atoms with van der Waals surface area (Å²) in [5.74, 6) is 0. The zero-order chi connectivity index (χ0) is 11.8. The zero-order valence-corrected chi connectivity index (χ0v) is 10.1. The molecule has 4 nitrogen and oxygen atoms in total. The van der Waals surface area contributed by atoms with Crippen molar-refractivity contribution in [1.82, 2.24) is 9.78 Å². The molecule has 2 rings (SSSR count). The lowest BCUT2D eigenvalue weighted by molar-refractivity contribution is 0.0514. The summed E-state index contributed by atoms with van der Waals surface area (Å²) in [7, 11) is 0. The Hall–Kier alpha value is -1.32. The summed E-state index contributed by atoms with van der Waals surface area (Å²) in [5, 5.41) is 4.28. The molecule has 1 aliphatic rings. The Morgan fingerprint density at radius 2 is 2.06 bits per heavy atom. The molecule has 0 aromatic carbocycles. The van der Waals surface area contributed by atoms with Gasteiger partial charge in [-0.3, -0.25) is 0 Å². The maximum absolute atomic E-state index is 11.8. The van der Waals surface area contributed by atoms with Gasteiger partial charge in [0.15, 0.2) is 0 Å². The minimum absolute atomic E-state index is 0.387. The first kappa shape index (κ1) is 11.2. The monoisotopic (exact) mass is 222 g/mol. The summed E-state index contributed by atoms with van der Waals surface area (Å²) < 4.78 is 6.60. The Labute approximate surface area is 95.6 Å². The lowest BCUT2D eigenvalue weighted by atomic mass is 9.99. The van der Waals surface area contributed by atoms with Crippen LogP contribution < -0.4 is 0 Å². The first-order valence-electron chi connectivity index (χ1n) is 5.76. The smallest absolute Gasteiger partial charge is 0.435 e. The van der Waals surface area contributed by atoms with E-state index in [-0.39, 0.29) is 6.09 Å². The number of ether oxygens (including phenoxy) is 1. The van der Waals surface area contributed by atoms with E-state index in [9.17, 15) is 4.79 Å². The molecule has 1 heterocycles. The van der Waals surface area contributed by atoms with Crippen LogP contribution in [-0.2, 0) is 17.6 Å². The minimum atomic E-state index is -0.469. The minimum Gasteiger partial charge on any atom is -0.442 e. The molecule has 0 radical (unpaired) electrons. The van der Waals surface area contributed by atoms with E-state index in [2.05, 4.69) is 5.10 Å². The fourth-order valence-corrected chi connectivity index (χ4v) is 1.87.